The number of carbonyl (C=O) groups is 1. The fourth-order valence-electron chi connectivity index (χ4n) is 3.02. The molecule has 6 nitrogen and oxygen atoms in total. The number of nitrogens with zero attached hydrogens (tertiary/aromatic N) is 1. The number of hydrogen-bond donors (Lipinski definition) is 1. The van der Waals surface area contributed by atoms with Crippen molar-refractivity contribution in [3.05, 3.63) is 80.0 Å². The number of pyridine rings is 1. The van der Waals surface area contributed by atoms with Crippen molar-refractivity contribution in [1.82, 2.24) is 4.98 Å². The summed E-state index contributed by atoms with van der Waals surface area (Å²) in [6.45, 7) is 0.315. The van der Waals surface area contributed by atoms with Crippen molar-refractivity contribution in [2.24, 2.45) is 0 Å². The lowest BCUT2D eigenvalue weighted by Crippen LogP contribution is -2.04. The van der Waals surface area contributed by atoms with E-state index in [2.05, 4.69) is 36.8 Å². The lowest BCUT2D eigenvalue weighted by molar-refractivity contribution is 0.0697. The quantitative estimate of drug-likeness (QED) is 0.345. The van der Waals surface area contributed by atoms with Crippen molar-refractivity contribution in [1.29, 1.82) is 0 Å². The molecule has 0 aliphatic rings. The van der Waals surface area contributed by atoms with E-state index >= 15 is 0 Å². The maximum absolute atomic E-state index is 11.0. The van der Waals surface area contributed by atoms with E-state index in [1.165, 1.54) is 0 Å². The first kappa shape index (κ1) is 23.1. The summed E-state index contributed by atoms with van der Waals surface area (Å²) in [6.07, 6.45) is 1.32. The van der Waals surface area contributed by atoms with E-state index < -0.39 is 5.97 Å². The minimum Gasteiger partial charge on any atom is -0.497 e. The number of aromatic nitrogens is 1. The Bertz CT molecular complexity index is 1050. The number of rotatable bonds is 9. The lowest BCUT2D eigenvalue weighted by atomic mass is 10.1. The zero-order valence-electron chi connectivity index (χ0n) is 17.0. The summed E-state index contributed by atoms with van der Waals surface area (Å²) in [7, 11) is 3.21. The number of aromatic carboxylic acids is 1. The van der Waals surface area contributed by atoms with Crippen LogP contribution in [0.25, 0.3) is 0 Å². The van der Waals surface area contributed by atoms with Gasteiger partial charge in [0.05, 0.1) is 29.9 Å². The van der Waals surface area contributed by atoms with Gasteiger partial charge in [-0.05, 0) is 86.2 Å². The zero-order chi connectivity index (χ0) is 22.4. The number of aryl methyl sites for hydroxylation is 2. The van der Waals surface area contributed by atoms with Crippen molar-refractivity contribution in [3.63, 3.8) is 0 Å². The Labute approximate surface area is 197 Å². The first-order valence-electron chi connectivity index (χ1n) is 9.41. The Morgan fingerprint density at radius 3 is 2.16 bits per heavy atom. The third-order valence-corrected chi connectivity index (χ3v) is 5.61. The van der Waals surface area contributed by atoms with Gasteiger partial charge in [0.15, 0.2) is 5.75 Å². The van der Waals surface area contributed by atoms with Crippen LogP contribution in [0, 0.1) is 0 Å². The summed E-state index contributed by atoms with van der Waals surface area (Å²) in [6, 6.07) is 14.3. The molecule has 3 aromatic rings. The normalized spacial score (nSPS) is 10.6. The topological polar surface area (TPSA) is 77.9 Å². The van der Waals surface area contributed by atoms with Crippen LogP contribution >= 0.6 is 31.9 Å². The average Bonchev–Trinajstić information content (AvgIpc) is 2.76. The second-order valence-electron chi connectivity index (χ2n) is 6.71. The second kappa shape index (κ2) is 10.6. The molecule has 162 valence electrons. The van der Waals surface area contributed by atoms with E-state index in [1.54, 1.807) is 26.4 Å². The Hall–Kier alpha value is -2.58. The highest BCUT2D eigenvalue weighted by Crippen LogP contribution is 2.33. The van der Waals surface area contributed by atoms with E-state index in [-0.39, 0.29) is 5.56 Å². The molecule has 0 saturated heterocycles. The average molecular weight is 551 g/mol. The Balaban J connectivity index is 1.77. The zero-order valence-corrected chi connectivity index (χ0v) is 20.2. The summed E-state index contributed by atoms with van der Waals surface area (Å²) >= 11 is 7.01. The molecule has 1 heterocycles. The summed E-state index contributed by atoms with van der Waals surface area (Å²) in [5.74, 6) is 1.10. The molecule has 0 radical (unpaired) electrons. The highest BCUT2D eigenvalue weighted by Gasteiger charge is 2.14. The first-order chi connectivity index (χ1) is 14.9. The van der Waals surface area contributed by atoms with Gasteiger partial charge in [-0.2, -0.15) is 0 Å². The van der Waals surface area contributed by atoms with Gasteiger partial charge in [0.2, 0.25) is 0 Å². The van der Waals surface area contributed by atoms with E-state index in [1.807, 2.05) is 36.4 Å². The molecule has 31 heavy (non-hydrogen) atoms. The smallest absolute Gasteiger partial charge is 0.335 e. The Morgan fingerprint density at radius 1 is 0.935 bits per heavy atom. The summed E-state index contributed by atoms with van der Waals surface area (Å²) < 4.78 is 18.3. The molecule has 3 rings (SSSR count). The summed E-state index contributed by atoms with van der Waals surface area (Å²) in [5.41, 5.74) is 2.98. The summed E-state index contributed by atoms with van der Waals surface area (Å²) in [4.78, 5) is 15.6. The predicted octanol–water partition coefficient (Wildman–Crippen LogP) is 5.69. The summed E-state index contributed by atoms with van der Waals surface area (Å²) in [5, 5.41) is 9.05. The Kier molecular flexibility index (Phi) is 7.92. The molecule has 0 bridgehead atoms. The van der Waals surface area contributed by atoms with Crippen molar-refractivity contribution in [3.8, 4) is 17.2 Å². The number of hydrogen-bond acceptors (Lipinski definition) is 5. The molecule has 0 atom stereocenters. The van der Waals surface area contributed by atoms with Crippen LogP contribution in [0.5, 0.6) is 17.2 Å². The number of halogens is 2. The van der Waals surface area contributed by atoms with Crippen molar-refractivity contribution in [2.75, 3.05) is 14.2 Å². The number of methoxy groups -OCH3 is 2. The fourth-order valence-corrected chi connectivity index (χ4v) is 4.33. The molecule has 0 unspecified atom stereocenters. The third kappa shape index (κ3) is 6.21. The van der Waals surface area contributed by atoms with E-state index in [0.717, 1.165) is 21.3 Å². The van der Waals surface area contributed by atoms with Gasteiger partial charge in [-0.25, -0.2) is 9.78 Å². The minimum atomic E-state index is -0.936. The van der Waals surface area contributed by atoms with Gasteiger partial charge in [-0.1, -0.05) is 12.1 Å². The van der Waals surface area contributed by atoms with Gasteiger partial charge in [0, 0.05) is 6.07 Å². The number of ether oxygens (including phenoxy) is 3. The van der Waals surface area contributed by atoms with Crippen LogP contribution in [0.1, 0.15) is 27.2 Å². The Morgan fingerprint density at radius 2 is 1.58 bits per heavy atom. The van der Waals surface area contributed by atoms with E-state index in [0.29, 0.717) is 41.3 Å². The molecule has 0 spiro atoms. The molecule has 0 fully saturated rings. The SMILES string of the molecule is COc1cc(COc2c(Br)cc(Br)nc2CCc2ccc(C(=O)O)cc2)cc(OC)c1. The molecule has 0 saturated carbocycles. The van der Waals surface area contributed by atoms with Gasteiger partial charge >= 0.3 is 5.97 Å². The molecule has 1 N–H and O–H groups in total. The van der Waals surface area contributed by atoms with Crippen molar-refractivity contribution < 1.29 is 24.1 Å². The maximum Gasteiger partial charge on any atom is 0.335 e. The minimum absolute atomic E-state index is 0.268. The lowest BCUT2D eigenvalue weighted by Gasteiger charge is -2.15. The molecule has 0 aliphatic carbocycles. The highest BCUT2D eigenvalue weighted by atomic mass is 79.9. The molecular weight excluding hydrogens is 530 g/mol. The van der Waals surface area contributed by atoms with Gasteiger partial charge < -0.3 is 19.3 Å². The molecule has 0 aliphatic heterocycles. The number of benzene rings is 2. The molecule has 8 heteroatoms. The van der Waals surface area contributed by atoms with Crippen LogP contribution in [0.15, 0.2) is 57.6 Å². The van der Waals surface area contributed by atoms with Crippen molar-refractivity contribution >= 4 is 37.8 Å². The first-order valence-corrected chi connectivity index (χ1v) is 11.0. The number of carboxylic acids is 1. The standard InChI is InChI=1S/C23H21Br2NO5/c1-29-17-9-15(10-18(11-17)30-2)13-31-22-19(24)12-21(25)26-20(22)8-5-14-3-6-16(7-4-14)23(27)28/h3-4,6-7,9-12H,5,8,13H2,1-2H3,(H,27,28). The van der Waals surface area contributed by atoms with Crippen LogP contribution in [-0.2, 0) is 19.4 Å². The molecule has 0 amide bonds. The van der Waals surface area contributed by atoms with Crippen LogP contribution in [0.3, 0.4) is 0 Å². The van der Waals surface area contributed by atoms with Gasteiger partial charge in [-0.15, -0.1) is 0 Å². The maximum atomic E-state index is 11.0. The van der Waals surface area contributed by atoms with Crippen LogP contribution in [0.2, 0.25) is 0 Å². The molecule has 1 aromatic heterocycles. The predicted molar refractivity (Wildman–Crippen MR) is 124 cm³/mol. The van der Waals surface area contributed by atoms with Crippen LogP contribution in [-0.4, -0.2) is 30.3 Å². The third-order valence-electron chi connectivity index (χ3n) is 4.61. The highest BCUT2D eigenvalue weighted by molar-refractivity contribution is 9.11. The van der Waals surface area contributed by atoms with Gasteiger partial charge in [-0.3, -0.25) is 0 Å². The van der Waals surface area contributed by atoms with E-state index in [9.17, 15) is 4.79 Å². The molecule has 2 aromatic carbocycles. The monoisotopic (exact) mass is 549 g/mol. The fraction of sp³-hybridized carbons (Fsp3) is 0.217. The van der Waals surface area contributed by atoms with Crippen LogP contribution in [0.4, 0.5) is 0 Å². The van der Waals surface area contributed by atoms with Crippen LogP contribution < -0.4 is 14.2 Å². The molecular formula is C23H21Br2NO5. The number of carboxylic acid groups (broad SMARTS) is 1. The largest absolute Gasteiger partial charge is 0.497 e. The van der Waals surface area contributed by atoms with E-state index in [4.69, 9.17) is 19.3 Å². The van der Waals surface area contributed by atoms with Gasteiger partial charge in [0.25, 0.3) is 0 Å². The van der Waals surface area contributed by atoms with Gasteiger partial charge in [0.1, 0.15) is 22.7 Å². The van der Waals surface area contributed by atoms with Crippen molar-refractivity contribution in [2.45, 2.75) is 19.4 Å². The second-order valence-corrected chi connectivity index (χ2v) is 8.38.